The lowest BCUT2D eigenvalue weighted by Gasteiger charge is -2.17. The minimum atomic E-state index is -0.302. The fourth-order valence-electron chi connectivity index (χ4n) is 2.76. The Hall–Kier alpha value is -2.62. The first-order valence-electron chi connectivity index (χ1n) is 8.25. The summed E-state index contributed by atoms with van der Waals surface area (Å²) in [4.78, 5) is 24.8. The third kappa shape index (κ3) is 4.44. The Morgan fingerprint density at radius 3 is 2.33 bits per heavy atom. The molecule has 0 aliphatic carbocycles. The maximum atomic E-state index is 12.5. The minimum Gasteiger partial charge on any atom is -0.273 e. The summed E-state index contributed by atoms with van der Waals surface area (Å²) in [5.74, 6) is -0.763. The molecule has 0 heterocycles. The second-order valence-corrected chi connectivity index (χ2v) is 6.01. The number of hydrogen-bond donors (Lipinski definition) is 2. The average molecular weight is 324 g/mol. The Balaban J connectivity index is 2.03. The van der Waals surface area contributed by atoms with Gasteiger partial charge in [0.15, 0.2) is 0 Å². The molecule has 24 heavy (non-hydrogen) atoms. The molecule has 2 rings (SSSR count). The van der Waals surface area contributed by atoms with E-state index in [2.05, 4.69) is 10.9 Å². The monoisotopic (exact) mass is 324 g/mol. The Kier molecular flexibility index (Phi) is 6.13. The van der Waals surface area contributed by atoms with E-state index in [-0.39, 0.29) is 17.7 Å². The molecule has 0 bridgehead atoms. The van der Waals surface area contributed by atoms with Gasteiger partial charge in [-0.2, -0.15) is 0 Å². The zero-order valence-electron chi connectivity index (χ0n) is 14.4. The molecular formula is C20H24N2O2. The molecule has 0 saturated carbocycles. The van der Waals surface area contributed by atoms with Crippen LogP contribution in [0.15, 0.2) is 48.5 Å². The molecule has 0 unspecified atom stereocenters. The fourth-order valence-corrected chi connectivity index (χ4v) is 2.76. The third-order valence-electron chi connectivity index (χ3n) is 4.02. The van der Waals surface area contributed by atoms with Crippen LogP contribution in [0, 0.1) is 13.8 Å². The Morgan fingerprint density at radius 1 is 1.00 bits per heavy atom. The van der Waals surface area contributed by atoms with Crippen molar-refractivity contribution in [1.29, 1.82) is 0 Å². The predicted octanol–water partition coefficient (Wildman–Crippen LogP) is 3.65. The molecule has 0 aliphatic heterocycles. The fraction of sp³-hybridized carbons (Fsp3) is 0.300. The van der Waals surface area contributed by atoms with Gasteiger partial charge in [0, 0.05) is 5.56 Å². The Morgan fingerprint density at radius 2 is 1.71 bits per heavy atom. The molecule has 1 atom stereocenters. The molecule has 2 amide bonds. The normalized spacial score (nSPS) is 11.6. The maximum Gasteiger partial charge on any atom is 0.269 e. The molecule has 0 radical (unpaired) electrons. The molecule has 0 aromatic heterocycles. The highest BCUT2D eigenvalue weighted by molar-refractivity contribution is 5.97. The van der Waals surface area contributed by atoms with E-state index in [1.165, 1.54) is 0 Å². The highest BCUT2D eigenvalue weighted by Gasteiger charge is 2.20. The SMILES string of the molecule is CCC[C@H](C(=O)NNC(=O)c1ccc(C)cc1C)c1ccccc1. The van der Waals surface area contributed by atoms with E-state index >= 15 is 0 Å². The molecule has 2 aromatic carbocycles. The van der Waals surface area contributed by atoms with Crippen LogP contribution in [0.4, 0.5) is 0 Å². The zero-order chi connectivity index (χ0) is 17.5. The van der Waals surface area contributed by atoms with E-state index in [1.54, 1.807) is 6.07 Å². The molecule has 0 aliphatic rings. The average Bonchev–Trinajstić information content (AvgIpc) is 2.58. The standard InChI is InChI=1S/C20H24N2O2/c1-4-8-18(16-9-6-5-7-10-16)20(24)22-21-19(23)17-12-11-14(2)13-15(17)3/h5-7,9-13,18H,4,8H2,1-3H3,(H,21,23)(H,22,24)/t18-/m0/s1. The maximum absolute atomic E-state index is 12.5. The number of benzene rings is 2. The van der Waals surface area contributed by atoms with Gasteiger partial charge in [0.05, 0.1) is 5.92 Å². The topological polar surface area (TPSA) is 58.2 Å². The summed E-state index contributed by atoms with van der Waals surface area (Å²) in [7, 11) is 0. The molecule has 4 heteroatoms. The summed E-state index contributed by atoms with van der Waals surface area (Å²) < 4.78 is 0. The van der Waals surface area contributed by atoms with Crippen LogP contribution in [-0.2, 0) is 4.79 Å². The van der Waals surface area contributed by atoms with Crippen molar-refractivity contribution in [3.63, 3.8) is 0 Å². The van der Waals surface area contributed by atoms with E-state index in [1.807, 2.05) is 63.2 Å². The number of carbonyl (C=O) groups is 2. The number of aryl methyl sites for hydroxylation is 2. The molecule has 2 aromatic rings. The lowest BCUT2D eigenvalue weighted by atomic mass is 9.94. The van der Waals surface area contributed by atoms with Gasteiger partial charge in [0.2, 0.25) is 5.91 Å². The van der Waals surface area contributed by atoms with E-state index in [0.717, 1.165) is 29.5 Å². The number of carbonyl (C=O) groups excluding carboxylic acids is 2. The minimum absolute atomic E-state index is 0.193. The second-order valence-electron chi connectivity index (χ2n) is 6.01. The predicted molar refractivity (Wildman–Crippen MR) is 95.6 cm³/mol. The van der Waals surface area contributed by atoms with Crippen molar-refractivity contribution in [1.82, 2.24) is 10.9 Å². The van der Waals surface area contributed by atoms with Gasteiger partial charge in [-0.25, -0.2) is 0 Å². The highest BCUT2D eigenvalue weighted by Crippen LogP contribution is 2.21. The van der Waals surface area contributed by atoms with Crippen molar-refractivity contribution in [3.8, 4) is 0 Å². The molecule has 4 nitrogen and oxygen atoms in total. The van der Waals surface area contributed by atoms with Gasteiger partial charge in [0.1, 0.15) is 0 Å². The molecule has 0 saturated heterocycles. The van der Waals surface area contributed by atoms with Crippen LogP contribution in [0.3, 0.4) is 0 Å². The summed E-state index contributed by atoms with van der Waals surface area (Å²) in [5, 5.41) is 0. The summed E-state index contributed by atoms with van der Waals surface area (Å²) in [5.41, 5.74) is 8.60. The van der Waals surface area contributed by atoms with Crippen LogP contribution >= 0.6 is 0 Å². The smallest absolute Gasteiger partial charge is 0.269 e. The van der Waals surface area contributed by atoms with Gasteiger partial charge < -0.3 is 0 Å². The van der Waals surface area contributed by atoms with Crippen LogP contribution in [0.5, 0.6) is 0 Å². The number of amides is 2. The van der Waals surface area contributed by atoms with Crippen molar-refractivity contribution in [3.05, 3.63) is 70.8 Å². The van der Waals surface area contributed by atoms with Crippen LogP contribution in [0.1, 0.15) is 52.7 Å². The van der Waals surface area contributed by atoms with Crippen molar-refractivity contribution in [2.75, 3.05) is 0 Å². The van der Waals surface area contributed by atoms with E-state index in [0.29, 0.717) is 5.56 Å². The summed E-state index contributed by atoms with van der Waals surface area (Å²) in [6.45, 7) is 5.90. The lowest BCUT2D eigenvalue weighted by Crippen LogP contribution is -2.44. The van der Waals surface area contributed by atoms with Gasteiger partial charge >= 0.3 is 0 Å². The second kappa shape index (κ2) is 8.29. The van der Waals surface area contributed by atoms with Crippen LogP contribution < -0.4 is 10.9 Å². The highest BCUT2D eigenvalue weighted by atomic mass is 16.2. The molecule has 0 spiro atoms. The zero-order valence-corrected chi connectivity index (χ0v) is 14.4. The number of nitrogens with one attached hydrogen (secondary N) is 2. The molecular weight excluding hydrogens is 300 g/mol. The van der Waals surface area contributed by atoms with Gasteiger partial charge in [-0.3, -0.25) is 20.4 Å². The molecule has 0 fully saturated rings. The van der Waals surface area contributed by atoms with Gasteiger partial charge in [-0.15, -0.1) is 0 Å². The first kappa shape index (κ1) is 17.7. The first-order valence-corrected chi connectivity index (χ1v) is 8.25. The van der Waals surface area contributed by atoms with Crippen molar-refractivity contribution < 1.29 is 9.59 Å². The summed E-state index contributed by atoms with van der Waals surface area (Å²) in [6.07, 6.45) is 1.62. The molecule has 126 valence electrons. The molecule has 2 N–H and O–H groups in total. The van der Waals surface area contributed by atoms with Crippen LogP contribution in [0.25, 0.3) is 0 Å². The quantitative estimate of drug-likeness (QED) is 0.825. The van der Waals surface area contributed by atoms with Crippen molar-refractivity contribution in [2.45, 2.75) is 39.5 Å². The van der Waals surface area contributed by atoms with Gasteiger partial charge in [-0.05, 0) is 37.5 Å². The number of hydrazine groups is 1. The third-order valence-corrected chi connectivity index (χ3v) is 4.02. The largest absolute Gasteiger partial charge is 0.273 e. The van der Waals surface area contributed by atoms with E-state index in [9.17, 15) is 9.59 Å². The van der Waals surface area contributed by atoms with E-state index < -0.39 is 0 Å². The van der Waals surface area contributed by atoms with Crippen molar-refractivity contribution in [2.24, 2.45) is 0 Å². The Bertz CT molecular complexity index is 711. The van der Waals surface area contributed by atoms with Crippen LogP contribution in [0.2, 0.25) is 0 Å². The number of rotatable bonds is 5. The van der Waals surface area contributed by atoms with Gasteiger partial charge in [-0.1, -0.05) is 61.4 Å². The lowest BCUT2D eigenvalue weighted by molar-refractivity contribution is -0.123. The summed E-state index contributed by atoms with van der Waals surface area (Å²) >= 11 is 0. The van der Waals surface area contributed by atoms with Crippen LogP contribution in [-0.4, -0.2) is 11.8 Å². The number of hydrogen-bond acceptors (Lipinski definition) is 2. The summed E-state index contributed by atoms with van der Waals surface area (Å²) in [6, 6.07) is 15.2. The van der Waals surface area contributed by atoms with E-state index in [4.69, 9.17) is 0 Å². The first-order chi connectivity index (χ1) is 11.5. The van der Waals surface area contributed by atoms with Crippen molar-refractivity contribution >= 4 is 11.8 Å². The Labute approximate surface area is 143 Å². The van der Waals surface area contributed by atoms with Gasteiger partial charge in [0.25, 0.3) is 5.91 Å².